The number of halogens is 2. The van der Waals surface area contributed by atoms with Crippen molar-refractivity contribution in [3.63, 3.8) is 0 Å². The number of carbonyl (C=O) groups is 2. The number of nitrogens with zero attached hydrogens (tertiary/aromatic N) is 2. The molecule has 0 aliphatic rings. The van der Waals surface area contributed by atoms with E-state index in [4.69, 9.17) is 37.6 Å². The molecule has 0 amide bonds. The van der Waals surface area contributed by atoms with Gasteiger partial charge >= 0.3 is 14.1 Å². The Morgan fingerprint density at radius 2 is 2.07 bits per heavy atom. The Balaban J connectivity index is 2.48. The van der Waals surface area contributed by atoms with Gasteiger partial charge in [-0.25, -0.2) is 4.79 Å². The van der Waals surface area contributed by atoms with Crippen LogP contribution >= 0.6 is 31.4 Å². The maximum absolute atomic E-state index is 12.2. The van der Waals surface area contributed by atoms with E-state index in [1.165, 1.54) is 38.2 Å². The quantitative estimate of drug-likeness (QED) is 0.345. The van der Waals surface area contributed by atoms with Crippen molar-refractivity contribution < 1.29 is 34.0 Å². The van der Waals surface area contributed by atoms with E-state index in [9.17, 15) is 19.6 Å². The van der Waals surface area contributed by atoms with E-state index in [-0.39, 0.29) is 32.6 Å². The molecule has 1 aromatic carbocycles. The fourth-order valence-corrected chi connectivity index (χ4v) is 3.10. The number of hydrogen-bond acceptors (Lipinski definition) is 8. The van der Waals surface area contributed by atoms with Gasteiger partial charge in [-0.1, -0.05) is 27.9 Å². The summed E-state index contributed by atoms with van der Waals surface area (Å²) in [5.74, 6) is -1.58. The first-order chi connectivity index (χ1) is 13.6. The number of rotatable bonds is 8. The van der Waals surface area contributed by atoms with Crippen molar-refractivity contribution in [2.24, 2.45) is 4.74 Å². The van der Waals surface area contributed by atoms with E-state index in [1.807, 2.05) is 0 Å². The van der Waals surface area contributed by atoms with Crippen molar-refractivity contribution >= 4 is 43.6 Å². The molecule has 1 heterocycles. The van der Waals surface area contributed by atoms with Gasteiger partial charge in [-0.15, -0.1) is 4.52 Å². The molecule has 2 N–H and O–H groups in total. The molecule has 0 aliphatic heterocycles. The summed E-state index contributed by atoms with van der Waals surface area (Å²) in [6, 6.07) is 2.93. The number of benzene rings is 1. The number of carbonyl (C=O) groups excluding carboxylic acids is 1. The Hall–Kier alpha value is -2.29. The van der Waals surface area contributed by atoms with Crippen LogP contribution in [-0.4, -0.2) is 33.5 Å². The largest absolute Gasteiger partial charge is 0.583 e. The Bertz CT molecular complexity index is 971. The molecular weight excluding hydrogens is 446 g/mol. The zero-order valence-electron chi connectivity index (χ0n) is 15.1. The van der Waals surface area contributed by atoms with Crippen molar-refractivity contribution in [2.75, 3.05) is 0 Å². The van der Waals surface area contributed by atoms with Gasteiger partial charge in [0.05, 0.1) is 26.9 Å². The van der Waals surface area contributed by atoms with Crippen LogP contribution in [-0.2, 0) is 9.32 Å². The van der Waals surface area contributed by atoms with Crippen LogP contribution in [0, 0.1) is 6.92 Å². The first kappa shape index (κ1) is 23.0. The van der Waals surface area contributed by atoms with Gasteiger partial charge in [-0.2, -0.15) is 0 Å². The molecule has 3 unspecified atom stereocenters. The number of carboxylic acids is 1. The van der Waals surface area contributed by atoms with Gasteiger partial charge in [0, 0.05) is 12.3 Å². The van der Waals surface area contributed by atoms with Crippen LogP contribution in [0.1, 0.15) is 34.8 Å². The van der Waals surface area contributed by atoms with Gasteiger partial charge < -0.3 is 19.8 Å². The molecule has 1 aromatic heterocycles. The summed E-state index contributed by atoms with van der Waals surface area (Å²) < 4.78 is 14.4. The zero-order chi connectivity index (χ0) is 21.7. The lowest BCUT2D eigenvalue weighted by Gasteiger charge is -2.18. The van der Waals surface area contributed by atoms with Crippen molar-refractivity contribution in [1.82, 2.24) is 4.98 Å². The van der Waals surface area contributed by atoms with E-state index >= 15 is 0 Å². The molecule has 12 heteroatoms. The van der Waals surface area contributed by atoms with Crippen molar-refractivity contribution in [2.45, 2.75) is 26.2 Å². The molecule has 0 spiro atoms. The third kappa shape index (κ3) is 5.85. The number of aromatic hydroxyl groups is 1. The van der Waals surface area contributed by atoms with Crippen molar-refractivity contribution in [3.8, 4) is 11.5 Å². The second kappa shape index (κ2) is 9.96. The number of aryl methyl sites for hydroxylation is 1. The van der Waals surface area contributed by atoms with Crippen molar-refractivity contribution in [1.29, 1.82) is 0 Å². The Morgan fingerprint density at radius 1 is 1.38 bits per heavy atom. The van der Waals surface area contributed by atoms with Crippen molar-refractivity contribution in [3.05, 3.63) is 51.3 Å². The smallest absolute Gasteiger partial charge is 0.346 e. The molecule has 0 aliphatic carbocycles. The number of hydrogen-bond donors (Lipinski definition) is 2. The third-order valence-corrected chi connectivity index (χ3v) is 5.27. The molecule has 0 saturated carbocycles. The molecule has 2 aromatic rings. The summed E-state index contributed by atoms with van der Waals surface area (Å²) in [5, 5.41) is 19.4. The molecule has 0 bridgehead atoms. The highest BCUT2D eigenvalue weighted by atomic mass is 35.5. The lowest BCUT2D eigenvalue weighted by Crippen LogP contribution is -2.16. The van der Waals surface area contributed by atoms with E-state index in [0.717, 1.165) is 0 Å². The Morgan fingerprint density at radius 3 is 2.66 bits per heavy atom. The highest BCUT2D eigenvalue weighted by Crippen LogP contribution is 2.37. The average Bonchev–Trinajstić information content (AvgIpc) is 2.66. The maximum Gasteiger partial charge on any atom is 0.346 e. The van der Waals surface area contributed by atoms with Crippen LogP contribution in [0.3, 0.4) is 0 Å². The minimum atomic E-state index is -2.88. The molecule has 2 rings (SSSR count). The van der Waals surface area contributed by atoms with Crippen LogP contribution in [0.5, 0.6) is 11.5 Å². The van der Waals surface area contributed by atoms with Crippen LogP contribution in [0.15, 0.2) is 29.1 Å². The monoisotopic (exact) mass is 460 g/mol. The average molecular weight is 461 g/mol. The summed E-state index contributed by atoms with van der Waals surface area (Å²) in [4.78, 5) is 38.5. The first-order valence-electron chi connectivity index (χ1n) is 7.97. The van der Waals surface area contributed by atoms with E-state index < -0.39 is 32.2 Å². The first-order valence-corrected chi connectivity index (χ1v) is 9.85. The molecule has 154 valence electrons. The third-order valence-electron chi connectivity index (χ3n) is 3.62. The minimum absolute atomic E-state index is 0.0456. The molecule has 9 nitrogen and oxygen atoms in total. The summed E-state index contributed by atoms with van der Waals surface area (Å²) in [6.45, 7) is 2.69. The molecule has 29 heavy (non-hydrogen) atoms. The number of ether oxygens (including phenoxy) is 1. The number of pyridine rings is 1. The summed E-state index contributed by atoms with van der Waals surface area (Å²) >= 11 is 11.8. The van der Waals surface area contributed by atoms with Gasteiger partial charge in [-0.05, 0) is 26.0 Å². The van der Waals surface area contributed by atoms with E-state index in [2.05, 4.69) is 9.73 Å². The van der Waals surface area contributed by atoms with Crippen LogP contribution in [0.2, 0.25) is 10.0 Å². The van der Waals surface area contributed by atoms with Gasteiger partial charge in [-0.3, -0.25) is 9.78 Å². The number of aliphatic carboxylic acids is 1. The van der Waals surface area contributed by atoms with E-state index in [1.54, 1.807) is 0 Å². The number of aldehydes is 1. The van der Waals surface area contributed by atoms with Gasteiger partial charge in [0.25, 0.3) is 6.29 Å². The molecule has 0 saturated heterocycles. The molecular formula is C17H15Cl2N2O7P. The number of aromatic nitrogens is 1. The Labute approximate surface area is 176 Å². The topological polar surface area (TPSA) is 141 Å². The zero-order valence-corrected chi connectivity index (χ0v) is 17.5. The van der Waals surface area contributed by atoms with Crippen LogP contribution in [0.25, 0.3) is 0 Å². The summed E-state index contributed by atoms with van der Waals surface area (Å²) in [7, 11) is -2.88. The second-order valence-corrected chi connectivity index (χ2v) is 7.41. The molecule has 0 radical (unpaired) electrons. The van der Waals surface area contributed by atoms with Crippen LogP contribution < -0.4 is 9.63 Å². The Kier molecular flexibility index (Phi) is 7.89. The van der Waals surface area contributed by atoms with Gasteiger partial charge in [0.15, 0.2) is 12.3 Å². The second-order valence-electron chi connectivity index (χ2n) is 5.68. The lowest BCUT2D eigenvalue weighted by atomic mass is 10.1. The fraction of sp³-hybridized carbons (Fsp3) is 0.235. The maximum atomic E-state index is 12.2. The number of carboxylic acid groups (broad SMARTS) is 1. The fourth-order valence-electron chi connectivity index (χ4n) is 2.06. The predicted octanol–water partition coefficient (Wildman–Crippen LogP) is 3.64. The van der Waals surface area contributed by atoms with Gasteiger partial charge in [0.2, 0.25) is 0 Å². The highest BCUT2D eigenvalue weighted by Gasteiger charge is 2.28. The SMILES string of the molecule is Cc1ncc(C(Oc2ccc(Cl)c(Cl)c2)O[P+]([O-])=NC(C)C(=O)O)c(C=O)c1O. The molecule has 3 atom stereocenters. The van der Waals surface area contributed by atoms with Gasteiger partial charge in [0.1, 0.15) is 11.5 Å². The normalized spacial score (nSPS) is 13.6. The lowest BCUT2D eigenvalue weighted by molar-refractivity contribution is -0.189. The minimum Gasteiger partial charge on any atom is -0.583 e. The predicted molar refractivity (Wildman–Crippen MR) is 103 cm³/mol. The van der Waals surface area contributed by atoms with E-state index in [0.29, 0.717) is 6.29 Å². The van der Waals surface area contributed by atoms with Crippen LogP contribution in [0.4, 0.5) is 0 Å². The summed E-state index contributed by atoms with van der Waals surface area (Å²) in [5.41, 5.74) is -0.0642. The molecule has 0 fully saturated rings. The summed E-state index contributed by atoms with van der Waals surface area (Å²) in [6.07, 6.45) is 0.0303. The highest BCUT2D eigenvalue weighted by molar-refractivity contribution is 7.33. The standard InChI is InChI=1S/C17H15Cl2N2O7P/c1-8-15(23)12(7-22)11(6-20-8)17(28-29(26)21-9(2)16(24)25)27-10-3-4-13(18)14(19)5-10/h3-7,9,17,23H,1-2H3,(H,24,25).